The largest absolute Gasteiger partial charge is 0.378 e. The predicted molar refractivity (Wildman–Crippen MR) is 95.7 cm³/mol. The van der Waals surface area contributed by atoms with Gasteiger partial charge in [-0.1, -0.05) is 58.3 Å². The van der Waals surface area contributed by atoms with Gasteiger partial charge < -0.3 is 4.74 Å². The van der Waals surface area contributed by atoms with Crippen molar-refractivity contribution in [2.75, 3.05) is 20.3 Å². The number of hydrogen-bond acceptors (Lipinski definition) is 3. The fraction of sp³-hybridized carbons (Fsp3) is 0.950. The second kappa shape index (κ2) is 10.5. The van der Waals surface area contributed by atoms with Gasteiger partial charge in [-0.2, -0.15) is 0 Å². The minimum absolute atomic E-state index is 0.305. The number of ketones is 1. The summed E-state index contributed by atoms with van der Waals surface area (Å²) < 4.78 is 5.64. The van der Waals surface area contributed by atoms with E-state index in [9.17, 15) is 4.79 Å². The lowest BCUT2D eigenvalue weighted by Gasteiger charge is -2.46. The summed E-state index contributed by atoms with van der Waals surface area (Å²) in [5, 5.41) is 0. The van der Waals surface area contributed by atoms with E-state index >= 15 is 0 Å². The Hall–Kier alpha value is -0.410. The third-order valence-corrected chi connectivity index (χ3v) is 5.87. The number of ether oxygens (including phenoxy) is 1. The lowest BCUT2D eigenvalue weighted by atomic mass is 9.81. The van der Waals surface area contributed by atoms with Crippen LogP contribution in [-0.4, -0.2) is 43.0 Å². The molecule has 2 rings (SSSR count). The Morgan fingerprint density at radius 2 is 1.43 bits per heavy atom. The zero-order chi connectivity index (χ0) is 16.5. The van der Waals surface area contributed by atoms with Gasteiger partial charge in [0.2, 0.25) is 0 Å². The highest BCUT2D eigenvalue weighted by atomic mass is 16.5. The van der Waals surface area contributed by atoms with Gasteiger partial charge >= 0.3 is 0 Å². The van der Waals surface area contributed by atoms with Gasteiger partial charge in [-0.3, -0.25) is 9.69 Å². The first-order valence-electron chi connectivity index (χ1n) is 10.0. The molecule has 0 amide bonds. The van der Waals surface area contributed by atoms with Crippen LogP contribution in [0.4, 0.5) is 0 Å². The number of Topliss-reactive ketones (excluding diaryl/α,β-unsaturated/α-hetero) is 1. The van der Waals surface area contributed by atoms with Crippen LogP contribution in [0.1, 0.15) is 84.0 Å². The quantitative estimate of drug-likeness (QED) is 0.521. The maximum atomic E-state index is 12.5. The van der Waals surface area contributed by atoms with Crippen LogP contribution in [0.2, 0.25) is 0 Å². The van der Waals surface area contributed by atoms with Crippen LogP contribution in [0, 0.1) is 5.92 Å². The van der Waals surface area contributed by atoms with Crippen molar-refractivity contribution in [3.63, 3.8) is 0 Å². The Morgan fingerprint density at radius 3 is 2.00 bits per heavy atom. The third-order valence-electron chi connectivity index (χ3n) is 5.87. The molecule has 0 aliphatic carbocycles. The van der Waals surface area contributed by atoms with E-state index in [1.165, 1.54) is 51.4 Å². The molecule has 2 atom stereocenters. The number of nitrogens with zero attached hydrogens (tertiary/aromatic N) is 1. The number of carbonyl (C=O) groups excluding carboxylic acids is 1. The van der Waals surface area contributed by atoms with E-state index < -0.39 is 0 Å². The van der Waals surface area contributed by atoms with Crippen molar-refractivity contribution in [2.45, 2.75) is 96.1 Å². The lowest BCUT2D eigenvalue weighted by Crippen LogP contribution is -2.55. The Morgan fingerprint density at radius 1 is 0.913 bits per heavy atom. The molecule has 2 unspecified atom stereocenters. The third kappa shape index (κ3) is 6.19. The summed E-state index contributed by atoms with van der Waals surface area (Å²) in [4.78, 5) is 14.9. The molecule has 2 heterocycles. The topological polar surface area (TPSA) is 29.5 Å². The number of fused-ring (bicyclic) bond motifs is 2. The number of rotatable bonds is 11. The minimum Gasteiger partial charge on any atom is -0.378 e. The highest BCUT2D eigenvalue weighted by Crippen LogP contribution is 2.31. The van der Waals surface area contributed by atoms with Crippen LogP contribution in [0.25, 0.3) is 0 Å². The molecule has 2 aliphatic rings. The molecular weight excluding hydrogens is 286 g/mol. The van der Waals surface area contributed by atoms with E-state index in [2.05, 4.69) is 18.9 Å². The molecule has 3 heteroatoms. The van der Waals surface area contributed by atoms with Crippen molar-refractivity contribution in [2.24, 2.45) is 5.92 Å². The smallest absolute Gasteiger partial charge is 0.136 e. The molecule has 134 valence electrons. The van der Waals surface area contributed by atoms with Gasteiger partial charge in [0, 0.05) is 24.4 Å². The molecule has 0 aromatic rings. The van der Waals surface area contributed by atoms with Gasteiger partial charge in [0.25, 0.3) is 0 Å². The summed E-state index contributed by atoms with van der Waals surface area (Å²) in [5.41, 5.74) is 0. The van der Waals surface area contributed by atoms with Crippen molar-refractivity contribution >= 4 is 5.78 Å². The molecule has 0 aromatic heterocycles. The maximum absolute atomic E-state index is 12.5. The van der Waals surface area contributed by atoms with Crippen LogP contribution in [-0.2, 0) is 9.53 Å². The zero-order valence-electron chi connectivity index (χ0n) is 15.4. The number of carbonyl (C=O) groups is 1. The van der Waals surface area contributed by atoms with Gasteiger partial charge in [0.1, 0.15) is 5.78 Å². The zero-order valence-corrected chi connectivity index (χ0v) is 15.4. The van der Waals surface area contributed by atoms with E-state index in [0.717, 1.165) is 38.9 Å². The van der Waals surface area contributed by atoms with Crippen molar-refractivity contribution in [3.8, 4) is 0 Å². The molecule has 2 fully saturated rings. The van der Waals surface area contributed by atoms with E-state index in [-0.39, 0.29) is 0 Å². The molecule has 0 N–H and O–H groups in total. The van der Waals surface area contributed by atoms with Gasteiger partial charge in [-0.25, -0.2) is 0 Å². The Labute approximate surface area is 143 Å². The number of unbranched alkanes of at least 4 members (excludes halogenated alkanes) is 8. The summed E-state index contributed by atoms with van der Waals surface area (Å²) >= 11 is 0. The first-order valence-corrected chi connectivity index (χ1v) is 10.0. The molecule has 23 heavy (non-hydrogen) atoms. The molecule has 3 nitrogen and oxygen atoms in total. The monoisotopic (exact) mass is 323 g/mol. The van der Waals surface area contributed by atoms with Crippen molar-refractivity contribution in [1.29, 1.82) is 0 Å². The fourth-order valence-corrected chi connectivity index (χ4v) is 4.17. The molecular formula is C20H37NO2. The average molecular weight is 324 g/mol. The van der Waals surface area contributed by atoms with Crippen LogP contribution < -0.4 is 0 Å². The SMILES string of the molecule is CCCCCCCCCCCC(=O)C1CC2COCC(C1)N2C. The number of likely N-dealkylation sites (N-methyl/N-ethyl adjacent to an activating group) is 1. The lowest BCUT2D eigenvalue weighted by molar-refractivity contribution is -0.131. The summed E-state index contributed by atoms with van der Waals surface area (Å²) in [6, 6.07) is 0.944. The molecule has 2 bridgehead atoms. The number of hydrogen-bond donors (Lipinski definition) is 0. The minimum atomic E-state index is 0.305. The molecule has 0 aromatic carbocycles. The van der Waals surface area contributed by atoms with E-state index in [1.807, 2.05) is 0 Å². The van der Waals surface area contributed by atoms with Crippen LogP contribution in [0.15, 0.2) is 0 Å². The van der Waals surface area contributed by atoms with Gasteiger partial charge in [0.05, 0.1) is 13.2 Å². The van der Waals surface area contributed by atoms with Crippen LogP contribution in [0.3, 0.4) is 0 Å². The highest BCUT2D eigenvalue weighted by molar-refractivity contribution is 5.81. The van der Waals surface area contributed by atoms with Gasteiger partial charge in [0.15, 0.2) is 0 Å². The first kappa shape index (κ1) is 18.9. The molecule has 0 spiro atoms. The van der Waals surface area contributed by atoms with Gasteiger partial charge in [-0.15, -0.1) is 0 Å². The number of morpholine rings is 1. The van der Waals surface area contributed by atoms with E-state index in [4.69, 9.17) is 4.74 Å². The average Bonchev–Trinajstić information content (AvgIpc) is 2.53. The van der Waals surface area contributed by atoms with Gasteiger partial charge in [-0.05, 0) is 26.3 Å². The second-order valence-electron chi connectivity index (χ2n) is 7.72. The molecule has 2 aliphatic heterocycles. The standard InChI is InChI=1S/C20H37NO2/c1-3-4-5-6-7-8-9-10-11-12-20(22)17-13-18-15-23-16-19(14-17)21(18)2/h17-19H,3-16H2,1-2H3. The molecule has 0 radical (unpaired) electrons. The van der Waals surface area contributed by atoms with E-state index in [1.54, 1.807) is 0 Å². The Bertz CT molecular complexity index is 331. The fourth-order valence-electron chi connectivity index (χ4n) is 4.17. The summed E-state index contributed by atoms with van der Waals surface area (Å²) in [6.07, 6.45) is 14.7. The van der Waals surface area contributed by atoms with Crippen molar-refractivity contribution in [3.05, 3.63) is 0 Å². The number of piperidine rings is 1. The Balaban J connectivity index is 1.52. The molecule has 2 saturated heterocycles. The van der Waals surface area contributed by atoms with Crippen LogP contribution >= 0.6 is 0 Å². The summed E-state index contributed by atoms with van der Waals surface area (Å²) in [5.74, 6) is 0.831. The highest BCUT2D eigenvalue weighted by Gasteiger charge is 2.38. The summed E-state index contributed by atoms with van der Waals surface area (Å²) in [6.45, 7) is 3.89. The first-order chi connectivity index (χ1) is 11.2. The predicted octanol–water partition coefficient (Wildman–Crippen LogP) is 4.59. The molecule has 0 saturated carbocycles. The summed E-state index contributed by atoms with van der Waals surface area (Å²) in [7, 11) is 2.19. The van der Waals surface area contributed by atoms with Crippen molar-refractivity contribution in [1.82, 2.24) is 4.90 Å². The Kier molecular flexibility index (Phi) is 8.60. The van der Waals surface area contributed by atoms with Crippen LogP contribution in [0.5, 0.6) is 0 Å². The normalized spacial score (nSPS) is 28.0. The second-order valence-corrected chi connectivity index (χ2v) is 7.72. The maximum Gasteiger partial charge on any atom is 0.136 e. The van der Waals surface area contributed by atoms with E-state index in [0.29, 0.717) is 23.8 Å². The van der Waals surface area contributed by atoms with Crippen molar-refractivity contribution < 1.29 is 9.53 Å².